The molecule has 2 rings (SSSR count). The zero-order chi connectivity index (χ0) is 15.3. The average Bonchev–Trinajstić information content (AvgIpc) is 2.56. The van der Waals surface area contributed by atoms with Crippen LogP contribution in [0.5, 0.6) is 0 Å². The van der Waals surface area contributed by atoms with Crippen molar-refractivity contribution in [2.45, 2.75) is 6.92 Å². The molecule has 0 unspecified atom stereocenters. The van der Waals surface area contributed by atoms with Crippen LogP contribution in [-0.2, 0) is 9.53 Å². The van der Waals surface area contributed by atoms with Crippen molar-refractivity contribution in [3.05, 3.63) is 71.8 Å². The van der Waals surface area contributed by atoms with Gasteiger partial charge in [-0.05, 0) is 18.1 Å². The van der Waals surface area contributed by atoms with Gasteiger partial charge in [0, 0.05) is 0 Å². The number of carbonyl (C=O) groups excluding carboxylic acids is 1. The third-order valence-electron chi connectivity index (χ3n) is 2.50. The molecule has 0 spiro atoms. The average molecular weight is 284 g/mol. The summed E-state index contributed by atoms with van der Waals surface area (Å²) in [5.74, 6) is -0.567. The number of benzene rings is 2. The Bertz CT molecular complexity index is 491. The maximum absolute atomic E-state index is 9.94. The number of esters is 1. The quantitative estimate of drug-likeness (QED) is 0.691. The second-order valence-electron chi connectivity index (χ2n) is 4.12. The predicted octanol–water partition coefficient (Wildman–Crippen LogP) is 3.40. The summed E-state index contributed by atoms with van der Waals surface area (Å²) in [4.78, 5) is 9.94. The lowest BCUT2D eigenvalue weighted by Crippen LogP contribution is -2.07. The first-order valence-electron chi connectivity index (χ1n) is 6.81. The van der Waals surface area contributed by atoms with E-state index in [2.05, 4.69) is 41.2 Å². The van der Waals surface area contributed by atoms with Crippen LogP contribution in [0.3, 0.4) is 0 Å². The first-order valence-corrected chi connectivity index (χ1v) is 6.81. The molecule has 0 amide bonds. The fraction of sp³-hybridized carbons (Fsp3) is 0.167. The summed E-state index contributed by atoms with van der Waals surface area (Å²) < 4.78 is 4.30. The maximum atomic E-state index is 9.94. The molecule has 0 saturated carbocycles. The number of aliphatic hydroxyl groups is 1. The fourth-order valence-corrected chi connectivity index (χ4v) is 1.53. The van der Waals surface area contributed by atoms with Crippen molar-refractivity contribution in [1.29, 1.82) is 0 Å². The van der Waals surface area contributed by atoms with Crippen molar-refractivity contribution in [3.63, 3.8) is 0 Å². The number of hydrogen-bond acceptors (Lipinski definition) is 3. The highest BCUT2D eigenvalue weighted by molar-refractivity contribution is 5.70. The number of carbonyl (C=O) groups is 1. The zero-order valence-electron chi connectivity index (χ0n) is 12.1. The van der Waals surface area contributed by atoms with Crippen LogP contribution in [0.15, 0.2) is 60.7 Å². The lowest BCUT2D eigenvalue weighted by molar-refractivity contribution is -0.146. The van der Waals surface area contributed by atoms with Crippen molar-refractivity contribution < 1.29 is 14.6 Å². The highest BCUT2D eigenvalue weighted by atomic mass is 16.5. The van der Waals surface area contributed by atoms with E-state index in [1.807, 2.05) is 36.4 Å². The van der Waals surface area contributed by atoms with Gasteiger partial charge < -0.3 is 9.84 Å². The fourth-order valence-electron chi connectivity index (χ4n) is 1.53. The molecule has 0 aliphatic carbocycles. The third kappa shape index (κ3) is 7.70. The number of hydrogen-bond donors (Lipinski definition) is 1. The SMILES string of the molecule is C(=Cc1ccccc1)c1ccccc1.CCOC(=O)CO. The van der Waals surface area contributed by atoms with Gasteiger partial charge in [0.05, 0.1) is 6.61 Å². The first kappa shape index (κ1) is 16.7. The van der Waals surface area contributed by atoms with E-state index < -0.39 is 12.6 Å². The lowest BCUT2D eigenvalue weighted by atomic mass is 10.1. The number of aliphatic hydroxyl groups excluding tert-OH is 1. The molecule has 0 atom stereocenters. The van der Waals surface area contributed by atoms with Crippen LogP contribution in [0.25, 0.3) is 12.2 Å². The summed E-state index contributed by atoms with van der Waals surface area (Å²) in [6.07, 6.45) is 4.24. The van der Waals surface area contributed by atoms with Gasteiger partial charge in [0.2, 0.25) is 0 Å². The predicted molar refractivity (Wildman–Crippen MR) is 85.5 cm³/mol. The summed E-state index contributed by atoms with van der Waals surface area (Å²) >= 11 is 0. The Balaban J connectivity index is 0.000000270. The molecule has 1 N–H and O–H groups in total. The molecule has 0 fully saturated rings. The smallest absolute Gasteiger partial charge is 0.331 e. The second kappa shape index (κ2) is 10.4. The van der Waals surface area contributed by atoms with Crippen molar-refractivity contribution in [1.82, 2.24) is 0 Å². The molecular weight excluding hydrogens is 264 g/mol. The molecule has 2 aromatic carbocycles. The molecule has 3 heteroatoms. The van der Waals surface area contributed by atoms with Crippen LogP contribution >= 0.6 is 0 Å². The topological polar surface area (TPSA) is 46.5 Å². The molecular formula is C18H20O3. The van der Waals surface area contributed by atoms with E-state index in [4.69, 9.17) is 5.11 Å². The van der Waals surface area contributed by atoms with E-state index in [-0.39, 0.29) is 0 Å². The minimum atomic E-state index is -0.567. The van der Waals surface area contributed by atoms with Crippen molar-refractivity contribution in [2.75, 3.05) is 13.2 Å². The van der Waals surface area contributed by atoms with E-state index in [0.29, 0.717) is 6.61 Å². The third-order valence-corrected chi connectivity index (χ3v) is 2.50. The van der Waals surface area contributed by atoms with Crippen LogP contribution in [0.2, 0.25) is 0 Å². The van der Waals surface area contributed by atoms with Crippen LogP contribution in [-0.4, -0.2) is 24.3 Å². The van der Waals surface area contributed by atoms with E-state index >= 15 is 0 Å². The maximum Gasteiger partial charge on any atom is 0.331 e. The van der Waals surface area contributed by atoms with Crippen LogP contribution in [0.1, 0.15) is 18.1 Å². The molecule has 0 aliphatic heterocycles. The van der Waals surface area contributed by atoms with Gasteiger partial charge in [-0.15, -0.1) is 0 Å². The Hall–Kier alpha value is -2.39. The summed E-state index contributed by atoms with van der Waals surface area (Å²) in [7, 11) is 0. The number of rotatable bonds is 4. The van der Waals surface area contributed by atoms with E-state index in [9.17, 15) is 4.79 Å². The minimum absolute atomic E-state index is 0.333. The van der Waals surface area contributed by atoms with Crippen molar-refractivity contribution in [3.8, 4) is 0 Å². The highest BCUT2D eigenvalue weighted by Crippen LogP contribution is 2.06. The van der Waals surface area contributed by atoms with Crippen molar-refractivity contribution >= 4 is 18.1 Å². The van der Waals surface area contributed by atoms with Gasteiger partial charge in [0.25, 0.3) is 0 Å². The summed E-state index contributed by atoms with van der Waals surface area (Å²) in [5, 5.41) is 7.99. The van der Waals surface area contributed by atoms with Gasteiger partial charge in [-0.25, -0.2) is 4.79 Å². The molecule has 0 aromatic heterocycles. The van der Waals surface area contributed by atoms with Crippen molar-refractivity contribution in [2.24, 2.45) is 0 Å². The lowest BCUT2D eigenvalue weighted by Gasteiger charge is -1.93. The van der Waals surface area contributed by atoms with Gasteiger partial charge in [-0.3, -0.25) is 0 Å². The summed E-state index contributed by atoms with van der Waals surface area (Å²) in [6, 6.07) is 20.6. The summed E-state index contributed by atoms with van der Waals surface area (Å²) in [5.41, 5.74) is 2.47. The minimum Gasteiger partial charge on any atom is -0.464 e. The van der Waals surface area contributed by atoms with Gasteiger partial charge in [0.1, 0.15) is 6.61 Å². The molecule has 0 radical (unpaired) electrons. The van der Waals surface area contributed by atoms with E-state index in [1.54, 1.807) is 6.92 Å². The number of ether oxygens (including phenoxy) is 1. The Morgan fingerprint density at radius 1 is 0.952 bits per heavy atom. The Morgan fingerprint density at radius 2 is 1.38 bits per heavy atom. The first-order chi connectivity index (χ1) is 10.3. The van der Waals surface area contributed by atoms with Gasteiger partial charge in [0.15, 0.2) is 0 Å². The second-order valence-corrected chi connectivity index (χ2v) is 4.12. The Kier molecular flexibility index (Phi) is 8.26. The monoisotopic (exact) mass is 284 g/mol. The molecule has 0 heterocycles. The van der Waals surface area contributed by atoms with Gasteiger partial charge in [-0.1, -0.05) is 72.8 Å². The Morgan fingerprint density at radius 3 is 1.67 bits per heavy atom. The molecule has 2 aromatic rings. The highest BCUT2D eigenvalue weighted by Gasteiger charge is 1.92. The molecule has 0 bridgehead atoms. The van der Waals surface area contributed by atoms with Gasteiger partial charge >= 0.3 is 5.97 Å². The van der Waals surface area contributed by atoms with Crippen LogP contribution in [0, 0.1) is 0 Å². The molecule has 0 aliphatic rings. The van der Waals surface area contributed by atoms with E-state index in [0.717, 1.165) is 0 Å². The largest absolute Gasteiger partial charge is 0.464 e. The Labute approximate surface area is 125 Å². The molecule has 0 saturated heterocycles. The molecule has 21 heavy (non-hydrogen) atoms. The standard InChI is InChI=1S/C14H12.C4H8O3/c1-3-7-13(8-4-1)11-12-14-9-5-2-6-10-14;1-2-7-4(6)3-5/h1-12H;5H,2-3H2,1H3. The van der Waals surface area contributed by atoms with Crippen LogP contribution < -0.4 is 0 Å². The molecule has 3 nitrogen and oxygen atoms in total. The van der Waals surface area contributed by atoms with Crippen LogP contribution in [0.4, 0.5) is 0 Å². The summed E-state index contributed by atoms with van der Waals surface area (Å²) in [6.45, 7) is 1.50. The normalized spacial score (nSPS) is 9.81. The molecule has 110 valence electrons. The zero-order valence-corrected chi connectivity index (χ0v) is 12.1. The van der Waals surface area contributed by atoms with E-state index in [1.165, 1.54) is 11.1 Å². The van der Waals surface area contributed by atoms with Gasteiger partial charge in [-0.2, -0.15) is 0 Å².